The molecular weight excluding hydrogens is 243 g/mol. The number of aryl methyl sites for hydroxylation is 2. The van der Waals surface area contributed by atoms with Gasteiger partial charge in [0.05, 0.1) is 22.1 Å². The first-order valence-corrected chi connectivity index (χ1v) is 5.38. The molecule has 0 unspecified atom stereocenters. The summed E-state index contributed by atoms with van der Waals surface area (Å²) in [4.78, 5) is 0. The molecule has 0 aliphatic carbocycles. The maximum Gasteiger partial charge on any atom is 0.152 e. The van der Waals surface area contributed by atoms with E-state index in [0.717, 1.165) is 0 Å². The standard InChI is InChI=1S/C11H12ClFN4/c1-6-9(14)11(17(2)16-6)15-10-7(12)4-3-5-8(10)13/h3-5,15H,14H2,1-2H3. The lowest BCUT2D eigenvalue weighted by Gasteiger charge is -2.10. The number of nitrogens with two attached hydrogens (primary N) is 1. The monoisotopic (exact) mass is 254 g/mol. The second-order valence-corrected chi connectivity index (χ2v) is 4.10. The van der Waals surface area contributed by atoms with Gasteiger partial charge >= 0.3 is 0 Å². The fraction of sp³-hybridized carbons (Fsp3) is 0.182. The average Bonchev–Trinajstić information content (AvgIpc) is 2.49. The van der Waals surface area contributed by atoms with Gasteiger partial charge in [0.15, 0.2) is 5.82 Å². The van der Waals surface area contributed by atoms with E-state index in [1.54, 1.807) is 30.8 Å². The minimum Gasteiger partial charge on any atom is -0.394 e. The molecule has 3 N–H and O–H groups in total. The van der Waals surface area contributed by atoms with E-state index in [0.29, 0.717) is 22.2 Å². The minimum atomic E-state index is -0.434. The van der Waals surface area contributed by atoms with E-state index < -0.39 is 5.82 Å². The Balaban J connectivity index is 2.45. The summed E-state index contributed by atoms with van der Waals surface area (Å²) < 4.78 is 15.1. The highest BCUT2D eigenvalue weighted by atomic mass is 35.5. The third-order valence-electron chi connectivity index (χ3n) is 2.47. The van der Waals surface area contributed by atoms with Gasteiger partial charge in [0.2, 0.25) is 0 Å². The number of rotatable bonds is 2. The van der Waals surface area contributed by atoms with Gasteiger partial charge in [0.25, 0.3) is 0 Å². The van der Waals surface area contributed by atoms with Crippen LogP contribution in [-0.4, -0.2) is 9.78 Å². The molecule has 90 valence electrons. The molecule has 0 saturated carbocycles. The maximum atomic E-state index is 13.6. The molecule has 0 fully saturated rings. The molecule has 2 aromatic rings. The van der Waals surface area contributed by atoms with Crippen LogP contribution in [0.2, 0.25) is 5.02 Å². The zero-order valence-corrected chi connectivity index (χ0v) is 10.2. The molecule has 0 aliphatic rings. The third-order valence-corrected chi connectivity index (χ3v) is 2.79. The van der Waals surface area contributed by atoms with Crippen LogP contribution >= 0.6 is 11.6 Å². The topological polar surface area (TPSA) is 55.9 Å². The maximum absolute atomic E-state index is 13.6. The molecule has 0 amide bonds. The van der Waals surface area contributed by atoms with Crippen molar-refractivity contribution in [3.63, 3.8) is 0 Å². The zero-order chi connectivity index (χ0) is 12.6. The SMILES string of the molecule is Cc1nn(C)c(Nc2c(F)cccc2Cl)c1N. The Morgan fingerprint density at radius 2 is 2.18 bits per heavy atom. The smallest absolute Gasteiger partial charge is 0.152 e. The first kappa shape index (κ1) is 11.7. The minimum absolute atomic E-state index is 0.198. The number of nitrogens with zero attached hydrogens (tertiary/aromatic N) is 2. The van der Waals surface area contributed by atoms with Gasteiger partial charge in [0, 0.05) is 7.05 Å². The molecule has 4 nitrogen and oxygen atoms in total. The van der Waals surface area contributed by atoms with E-state index in [9.17, 15) is 4.39 Å². The van der Waals surface area contributed by atoms with Crippen molar-refractivity contribution >= 4 is 28.8 Å². The van der Waals surface area contributed by atoms with Crippen molar-refractivity contribution < 1.29 is 4.39 Å². The summed E-state index contributed by atoms with van der Waals surface area (Å²) in [5.41, 5.74) is 7.20. The first-order chi connectivity index (χ1) is 8.00. The highest BCUT2D eigenvalue weighted by molar-refractivity contribution is 6.33. The number of anilines is 3. The molecule has 0 bridgehead atoms. The molecule has 1 aromatic heterocycles. The van der Waals surface area contributed by atoms with E-state index in [1.165, 1.54) is 6.07 Å². The highest BCUT2D eigenvalue weighted by Gasteiger charge is 2.13. The van der Waals surface area contributed by atoms with E-state index >= 15 is 0 Å². The predicted octanol–water partition coefficient (Wildman–Crippen LogP) is 2.85. The van der Waals surface area contributed by atoms with Crippen LogP contribution in [0.15, 0.2) is 18.2 Å². The average molecular weight is 255 g/mol. The van der Waals surface area contributed by atoms with Crippen LogP contribution in [0.1, 0.15) is 5.69 Å². The lowest BCUT2D eigenvalue weighted by atomic mass is 10.3. The van der Waals surface area contributed by atoms with Crippen molar-refractivity contribution in [2.75, 3.05) is 11.1 Å². The molecule has 17 heavy (non-hydrogen) atoms. The lowest BCUT2D eigenvalue weighted by Crippen LogP contribution is -2.03. The van der Waals surface area contributed by atoms with E-state index in [-0.39, 0.29) is 5.69 Å². The number of hydrogen-bond donors (Lipinski definition) is 2. The summed E-state index contributed by atoms with van der Waals surface area (Å²) in [5, 5.41) is 7.29. The van der Waals surface area contributed by atoms with Gasteiger partial charge in [-0.3, -0.25) is 4.68 Å². The summed E-state index contributed by atoms with van der Waals surface area (Å²) in [6, 6.07) is 4.47. The number of halogens is 2. The summed E-state index contributed by atoms with van der Waals surface area (Å²) in [6.07, 6.45) is 0. The number of hydrogen-bond acceptors (Lipinski definition) is 3. The zero-order valence-electron chi connectivity index (χ0n) is 9.46. The fourth-order valence-electron chi connectivity index (χ4n) is 1.56. The summed E-state index contributed by atoms with van der Waals surface area (Å²) in [6.45, 7) is 1.78. The second-order valence-electron chi connectivity index (χ2n) is 3.69. The van der Waals surface area contributed by atoms with Gasteiger partial charge in [-0.05, 0) is 19.1 Å². The van der Waals surface area contributed by atoms with Crippen LogP contribution in [0.4, 0.5) is 21.6 Å². The number of nitrogens with one attached hydrogen (secondary N) is 1. The van der Waals surface area contributed by atoms with Crippen LogP contribution in [0, 0.1) is 12.7 Å². The molecule has 0 saturated heterocycles. The Hall–Kier alpha value is -1.75. The van der Waals surface area contributed by atoms with Crippen LogP contribution in [0.25, 0.3) is 0 Å². The summed E-state index contributed by atoms with van der Waals surface area (Å²) in [7, 11) is 1.72. The van der Waals surface area contributed by atoms with E-state index in [1.807, 2.05) is 0 Å². The van der Waals surface area contributed by atoms with Crippen LogP contribution in [0.3, 0.4) is 0 Å². The molecule has 0 spiro atoms. The molecule has 1 heterocycles. The highest BCUT2D eigenvalue weighted by Crippen LogP contribution is 2.31. The molecule has 0 aliphatic heterocycles. The third kappa shape index (κ3) is 2.06. The molecule has 1 aromatic carbocycles. The quantitative estimate of drug-likeness (QED) is 0.866. The van der Waals surface area contributed by atoms with Crippen LogP contribution in [-0.2, 0) is 7.05 Å². The first-order valence-electron chi connectivity index (χ1n) is 5.01. The summed E-state index contributed by atoms with van der Waals surface area (Å²) in [5.74, 6) is 0.0882. The van der Waals surface area contributed by atoms with Gasteiger partial charge in [-0.15, -0.1) is 0 Å². The van der Waals surface area contributed by atoms with Crippen molar-refractivity contribution in [2.24, 2.45) is 7.05 Å². The second kappa shape index (κ2) is 4.25. The number of aromatic nitrogens is 2. The van der Waals surface area contributed by atoms with E-state index in [2.05, 4.69) is 10.4 Å². The van der Waals surface area contributed by atoms with Crippen molar-refractivity contribution in [3.8, 4) is 0 Å². The number of para-hydroxylation sites is 1. The van der Waals surface area contributed by atoms with Gasteiger partial charge in [-0.25, -0.2) is 4.39 Å². The molecular formula is C11H12ClFN4. The Bertz CT molecular complexity index is 545. The Morgan fingerprint density at radius 3 is 2.71 bits per heavy atom. The van der Waals surface area contributed by atoms with Crippen molar-refractivity contribution in [3.05, 3.63) is 34.7 Å². The van der Waals surface area contributed by atoms with Gasteiger partial charge in [-0.2, -0.15) is 5.10 Å². The Kier molecular flexibility index (Phi) is 2.93. The normalized spacial score (nSPS) is 10.6. The van der Waals surface area contributed by atoms with Crippen molar-refractivity contribution in [1.82, 2.24) is 9.78 Å². The summed E-state index contributed by atoms with van der Waals surface area (Å²) >= 11 is 5.92. The largest absolute Gasteiger partial charge is 0.394 e. The number of nitrogen functional groups attached to an aromatic ring is 1. The molecule has 6 heteroatoms. The van der Waals surface area contributed by atoms with Crippen molar-refractivity contribution in [1.29, 1.82) is 0 Å². The van der Waals surface area contributed by atoms with Crippen LogP contribution < -0.4 is 11.1 Å². The van der Waals surface area contributed by atoms with Gasteiger partial charge in [0.1, 0.15) is 5.82 Å². The number of benzene rings is 1. The fourth-order valence-corrected chi connectivity index (χ4v) is 1.77. The molecule has 0 radical (unpaired) electrons. The lowest BCUT2D eigenvalue weighted by molar-refractivity contribution is 0.631. The van der Waals surface area contributed by atoms with Crippen molar-refractivity contribution in [2.45, 2.75) is 6.92 Å². The molecule has 2 rings (SSSR count). The Labute approximate surface area is 103 Å². The van der Waals surface area contributed by atoms with E-state index in [4.69, 9.17) is 17.3 Å². The predicted molar refractivity (Wildman–Crippen MR) is 67.1 cm³/mol. The Morgan fingerprint density at radius 1 is 1.47 bits per heavy atom. The van der Waals surface area contributed by atoms with Gasteiger partial charge < -0.3 is 11.1 Å². The van der Waals surface area contributed by atoms with Gasteiger partial charge in [-0.1, -0.05) is 17.7 Å². The van der Waals surface area contributed by atoms with Crippen LogP contribution in [0.5, 0.6) is 0 Å². The molecule has 0 atom stereocenters.